The molecule has 1 saturated heterocycles. The van der Waals surface area contributed by atoms with E-state index in [1.807, 2.05) is 6.92 Å². The highest BCUT2D eigenvalue weighted by Gasteiger charge is 2.32. The van der Waals surface area contributed by atoms with Crippen LogP contribution in [0.5, 0.6) is 0 Å². The minimum atomic E-state index is -3.44. The molecule has 2 heterocycles. The first-order valence-electron chi connectivity index (χ1n) is 6.17. The van der Waals surface area contributed by atoms with E-state index in [2.05, 4.69) is 4.98 Å². The summed E-state index contributed by atoms with van der Waals surface area (Å²) in [7, 11) is -3.44. The first-order valence-corrected chi connectivity index (χ1v) is 8.43. The Morgan fingerprint density at radius 2 is 2.11 bits per heavy atom. The van der Waals surface area contributed by atoms with E-state index in [1.54, 1.807) is 11.2 Å². The topological polar surface area (TPSA) is 76.3 Å². The van der Waals surface area contributed by atoms with Gasteiger partial charge in [-0.3, -0.25) is 0 Å². The van der Waals surface area contributed by atoms with Gasteiger partial charge in [-0.2, -0.15) is 4.31 Å². The molecule has 0 radical (unpaired) electrons. The predicted octanol–water partition coefficient (Wildman–Crippen LogP) is 1.99. The third-order valence-corrected chi connectivity index (χ3v) is 6.89. The van der Waals surface area contributed by atoms with Crippen LogP contribution in [0.3, 0.4) is 0 Å². The molecular formula is C11H19N3O2S2. The molecule has 1 aliphatic rings. The highest BCUT2D eigenvalue weighted by atomic mass is 32.2. The van der Waals surface area contributed by atoms with Gasteiger partial charge < -0.3 is 5.73 Å². The maximum atomic E-state index is 12.6. The van der Waals surface area contributed by atoms with Crippen LogP contribution in [-0.4, -0.2) is 30.3 Å². The lowest BCUT2D eigenvalue weighted by Gasteiger charge is -2.25. The molecule has 1 fully saturated rings. The normalized spacial score (nSPS) is 22.9. The average Bonchev–Trinajstić information content (AvgIpc) is 2.49. The number of aromatic nitrogens is 1. The monoisotopic (exact) mass is 289 g/mol. The van der Waals surface area contributed by atoms with Gasteiger partial charge in [0.15, 0.2) is 9.34 Å². The van der Waals surface area contributed by atoms with Crippen LogP contribution in [0.2, 0.25) is 0 Å². The van der Waals surface area contributed by atoms with E-state index < -0.39 is 10.0 Å². The smallest absolute Gasteiger partial charge is 0.254 e. The molecule has 0 spiro atoms. The zero-order chi connectivity index (χ0) is 13.3. The first kappa shape index (κ1) is 13.8. The molecule has 0 aromatic carbocycles. The van der Waals surface area contributed by atoms with Crippen molar-refractivity contribution in [1.29, 1.82) is 0 Å². The lowest BCUT2D eigenvalue weighted by atomic mass is 10.1. The van der Waals surface area contributed by atoms with Crippen LogP contribution < -0.4 is 5.73 Å². The number of anilines is 1. The SMILES string of the molecule is Cc1nc(N)sc1S(=O)(=O)N1CCCCCC1C. The molecular weight excluding hydrogens is 270 g/mol. The highest BCUT2D eigenvalue weighted by molar-refractivity contribution is 7.91. The standard InChI is InChI=1S/C11H19N3O2S2/c1-8-6-4-3-5-7-14(8)18(15,16)10-9(2)13-11(12)17-10/h8H,3-7H2,1-2H3,(H2,12,13). The van der Waals surface area contributed by atoms with E-state index in [9.17, 15) is 8.42 Å². The van der Waals surface area contributed by atoms with Crippen molar-refractivity contribution in [2.45, 2.75) is 49.8 Å². The Labute approximate surface area is 112 Å². The number of nitrogens with zero attached hydrogens (tertiary/aromatic N) is 2. The number of rotatable bonds is 2. The molecule has 1 aromatic heterocycles. The number of thiazole rings is 1. The fraction of sp³-hybridized carbons (Fsp3) is 0.727. The van der Waals surface area contributed by atoms with E-state index in [0.29, 0.717) is 21.6 Å². The van der Waals surface area contributed by atoms with Crippen molar-refractivity contribution in [2.75, 3.05) is 12.3 Å². The molecule has 0 aliphatic carbocycles. The molecule has 0 bridgehead atoms. The maximum Gasteiger partial charge on any atom is 0.254 e. The van der Waals surface area contributed by atoms with Crippen LogP contribution in [0, 0.1) is 6.92 Å². The van der Waals surface area contributed by atoms with Gasteiger partial charge in [-0.25, -0.2) is 13.4 Å². The molecule has 1 aliphatic heterocycles. The summed E-state index contributed by atoms with van der Waals surface area (Å²) in [5.41, 5.74) is 6.10. The first-order chi connectivity index (χ1) is 8.43. The molecule has 2 rings (SSSR count). The van der Waals surface area contributed by atoms with E-state index in [-0.39, 0.29) is 6.04 Å². The Bertz CT molecular complexity index is 524. The minimum Gasteiger partial charge on any atom is -0.375 e. The maximum absolute atomic E-state index is 12.6. The van der Waals surface area contributed by atoms with Crippen molar-refractivity contribution >= 4 is 26.5 Å². The van der Waals surface area contributed by atoms with Gasteiger partial charge in [0.05, 0.1) is 5.69 Å². The third-order valence-electron chi connectivity index (χ3n) is 3.31. The van der Waals surface area contributed by atoms with Gasteiger partial charge >= 0.3 is 0 Å². The van der Waals surface area contributed by atoms with E-state index in [0.717, 1.165) is 37.0 Å². The average molecular weight is 289 g/mol. The van der Waals surface area contributed by atoms with Gasteiger partial charge in [-0.05, 0) is 26.7 Å². The molecule has 0 saturated carbocycles. The molecule has 1 atom stereocenters. The van der Waals surface area contributed by atoms with Crippen LogP contribution in [0.25, 0.3) is 0 Å². The molecule has 0 amide bonds. The van der Waals surface area contributed by atoms with Gasteiger partial charge in [0.1, 0.15) is 0 Å². The van der Waals surface area contributed by atoms with Crippen LogP contribution in [-0.2, 0) is 10.0 Å². The summed E-state index contributed by atoms with van der Waals surface area (Å²) in [6.45, 7) is 4.27. The number of hydrogen-bond acceptors (Lipinski definition) is 5. The summed E-state index contributed by atoms with van der Waals surface area (Å²) in [6.07, 6.45) is 4.04. The molecule has 7 heteroatoms. The summed E-state index contributed by atoms with van der Waals surface area (Å²) < 4.78 is 27.2. The van der Waals surface area contributed by atoms with Crippen molar-refractivity contribution in [2.24, 2.45) is 0 Å². The quantitative estimate of drug-likeness (QED) is 0.903. The molecule has 1 unspecified atom stereocenters. The molecule has 18 heavy (non-hydrogen) atoms. The summed E-state index contributed by atoms with van der Waals surface area (Å²) >= 11 is 1.06. The number of nitrogens with two attached hydrogens (primary N) is 1. The van der Waals surface area contributed by atoms with Gasteiger partial charge in [0.25, 0.3) is 10.0 Å². The lowest BCUT2D eigenvalue weighted by Crippen LogP contribution is -2.38. The second-order valence-corrected chi connectivity index (χ2v) is 7.86. The van der Waals surface area contributed by atoms with E-state index in [4.69, 9.17) is 5.73 Å². The zero-order valence-electron chi connectivity index (χ0n) is 10.7. The Hall–Kier alpha value is -0.660. The second-order valence-electron chi connectivity index (χ2n) is 4.74. The predicted molar refractivity (Wildman–Crippen MR) is 73.1 cm³/mol. The highest BCUT2D eigenvalue weighted by Crippen LogP contribution is 2.31. The van der Waals surface area contributed by atoms with Crippen LogP contribution in [0.15, 0.2) is 4.21 Å². The largest absolute Gasteiger partial charge is 0.375 e. The summed E-state index contributed by atoms with van der Waals surface area (Å²) in [4.78, 5) is 4.01. The number of aryl methyl sites for hydroxylation is 1. The summed E-state index contributed by atoms with van der Waals surface area (Å²) in [5.74, 6) is 0. The Morgan fingerprint density at radius 1 is 1.39 bits per heavy atom. The molecule has 1 aromatic rings. The number of hydrogen-bond donors (Lipinski definition) is 1. The van der Waals surface area contributed by atoms with Gasteiger partial charge in [0.2, 0.25) is 0 Å². The number of nitrogen functional groups attached to an aromatic ring is 1. The number of sulfonamides is 1. The molecule has 5 nitrogen and oxygen atoms in total. The fourth-order valence-electron chi connectivity index (χ4n) is 2.35. The lowest BCUT2D eigenvalue weighted by molar-refractivity contribution is 0.342. The molecule has 102 valence electrons. The van der Waals surface area contributed by atoms with Crippen LogP contribution >= 0.6 is 11.3 Å². The minimum absolute atomic E-state index is 0.0558. The van der Waals surface area contributed by atoms with Gasteiger partial charge in [-0.15, -0.1) is 0 Å². The second kappa shape index (κ2) is 5.14. The Balaban J connectivity index is 2.38. The van der Waals surface area contributed by atoms with Crippen molar-refractivity contribution in [3.05, 3.63) is 5.69 Å². The zero-order valence-corrected chi connectivity index (χ0v) is 12.4. The molecule has 2 N–H and O–H groups in total. The van der Waals surface area contributed by atoms with Gasteiger partial charge in [-0.1, -0.05) is 24.2 Å². The summed E-state index contributed by atoms with van der Waals surface area (Å²) in [5, 5.41) is 0.313. The third kappa shape index (κ3) is 2.53. The van der Waals surface area contributed by atoms with Crippen molar-refractivity contribution in [1.82, 2.24) is 9.29 Å². The van der Waals surface area contributed by atoms with Crippen molar-refractivity contribution < 1.29 is 8.42 Å². The van der Waals surface area contributed by atoms with E-state index in [1.165, 1.54) is 0 Å². The van der Waals surface area contributed by atoms with E-state index >= 15 is 0 Å². The van der Waals surface area contributed by atoms with Crippen LogP contribution in [0.1, 0.15) is 38.3 Å². The fourth-order valence-corrected chi connectivity index (χ4v) is 5.47. The van der Waals surface area contributed by atoms with Crippen LogP contribution in [0.4, 0.5) is 5.13 Å². The van der Waals surface area contributed by atoms with Crippen molar-refractivity contribution in [3.63, 3.8) is 0 Å². The Morgan fingerprint density at radius 3 is 2.72 bits per heavy atom. The van der Waals surface area contributed by atoms with Gasteiger partial charge in [0, 0.05) is 12.6 Å². The Kier molecular flexibility index (Phi) is 3.93. The summed E-state index contributed by atoms with van der Waals surface area (Å²) in [6, 6.07) is 0.0558. The van der Waals surface area contributed by atoms with Crippen molar-refractivity contribution in [3.8, 4) is 0 Å².